The van der Waals surface area contributed by atoms with Gasteiger partial charge < -0.3 is 9.84 Å². The molecule has 1 N–H and O–H groups in total. The number of ether oxygens (including phenoxy) is 1. The minimum Gasteiger partial charge on any atom is -0.372 e. The van der Waals surface area contributed by atoms with Gasteiger partial charge in [0.1, 0.15) is 13.2 Å². The maximum Gasteiger partial charge on any atom is 0.411 e. The number of hydrogen-bond acceptors (Lipinski definition) is 2. The molecule has 0 fully saturated rings. The molecule has 1 aromatic carbocycles. The second-order valence-corrected chi connectivity index (χ2v) is 5.14. The van der Waals surface area contributed by atoms with Crippen molar-refractivity contribution in [2.75, 3.05) is 19.1 Å². The van der Waals surface area contributed by atoms with Gasteiger partial charge in [-0.2, -0.15) is 13.2 Å². The van der Waals surface area contributed by atoms with Gasteiger partial charge in [-0.05, 0) is 12.1 Å². The molecule has 1 unspecified atom stereocenters. The fourth-order valence-corrected chi connectivity index (χ4v) is 2.17. The molecule has 0 aromatic heterocycles. The predicted octanol–water partition coefficient (Wildman–Crippen LogP) is 4.00. The highest BCUT2D eigenvalue weighted by Gasteiger charge is 2.29. The monoisotopic (exact) mass is 360 g/mol. The SMILES string of the molecule is OC(C#CCOCC(F)(F)F)(CCl)c1ccc(Cl)cc1Cl. The van der Waals surface area contributed by atoms with Gasteiger partial charge in [0.2, 0.25) is 0 Å². The molecule has 0 heterocycles. The van der Waals surface area contributed by atoms with Gasteiger partial charge in [-0.3, -0.25) is 0 Å². The molecule has 0 aliphatic carbocycles. The van der Waals surface area contributed by atoms with Crippen LogP contribution in [0.3, 0.4) is 0 Å². The minimum absolute atomic E-state index is 0.149. The molecular weight excluding hydrogens is 351 g/mol. The van der Waals surface area contributed by atoms with Crippen LogP contribution in [-0.4, -0.2) is 30.4 Å². The summed E-state index contributed by atoms with van der Waals surface area (Å²) in [5, 5.41) is 10.8. The first-order valence-corrected chi connectivity index (χ1v) is 6.85. The maximum atomic E-state index is 11.9. The Morgan fingerprint density at radius 3 is 2.43 bits per heavy atom. The highest BCUT2D eigenvalue weighted by Crippen LogP contribution is 2.31. The zero-order valence-corrected chi connectivity index (χ0v) is 12.7. The summed E-state index contributed by atoms with van der Waals surface area (Å²) >= 11 is 17.4. The molecule has 2 nitrogen and oxygen atoms in total. The first-order chi connectivity index (χ1) is 9.68. The largest absolute Gasteiger partial charge is 0.411 e. The quantitative estimate of drug-likeness (QED) is 0.499. The van der Waals surface area contributed by atoms with Crippen molar-refractivity contribution < 1.29 is 23.0 Å². The van der Waals surface area contributed by atoms with E-state index in [1.807, 2.05) is 0 Å². The van der Waals surface area contributed by atoms with E-state index in [-0.39, 0.29) is 16.5 Å². The standard InChI is InChI=1S/C13H10Cl3F3O2/c14-7-12(20,4-1-5-21-8-13(17,18)19)10-3-2-9(15)6-11(10)16/h2-3,6,20H,5,7-8H2. The van der Waals surface area contributed by atoms with Crippen molar-refractivity contribution in [3.8, 4) is 11.8 Å². The Hall–Kier alpha value is -0.640. The zero-order valence-electron chi connectivity index (χ0n) is 10.5. The summed E-state index contributed by atoms with van der Waals surface area (Å²) < 4.78 is 39.9. The fourth-order valence-electron chi connectivity index (χ4n) is 1.40. The zero-order chi connectivity index (χ0) is 16.1. The van der Waals surface area contributed by atoms with Gasteiger partial charge in [0.25, 0.3) is 0 Å². The summed E-state index contributed by atoms with van der Waals surface area (Å²) in [6.07, 6.45) is -4.43. The van der Waals surface area contributed by atoms with Crippen molar-refractivity contribution in [2.45, 2.75) is 11.8 Å². The van der Waals surface area contributed by atoms with Gasteiger partial charge in [-0.25, -0.2) is 0 Å². The van der Waals surface area contributed by atoms with Gasteiger partial charge in [-0.15, -0.1) is 11.6 Å². The molecule has 0 spiro atoms. The van der Waals surface area contributed by atoms with E-state index >= 15 is 0 Å². The second kappa shape index (κ2) is 7.57. The third-order valence-electron chi connectivity index (χ3n) is 2.31. The van der Waals surface area contributed by atoms with Gasteiger partial charge in [0.05, 0.1) is 5.88 Å². The molecule has 0 amide bonds. The van der Waals surface area contributed by atoms with E-state index in [4.69, 9.17) is 34.8 Å². The van der Waals surface area contributed by atoms with E-state index in [2.05, 4.69) is 16.6 Å². The number of hydrogen-bond donors (Lipinski definition) is 1. The lowest BCUT2D eigenvalue weighted by molar-refractivity contribution is -0.170. The molecule has 0 saturated heterocycles. The van der Waals surface area contributed by atoms with E-state index < -0.39 is 25.0 Å². The minimum atomic E-state index is -4.43. The molecule has 0 bridgehead atoms. The summed E-state index contributed by atoms with van der Waals surface area (Å²) in [5.41, 5.74) is -1.59. The van der Waals surface area contributed by atoms with Crippen molar-refractivity contribution in [2.24, 2.45) is 0 Å². The molecule has 1 rings (SSSR count). The first-order valence-electron chi connectivity index (χ1n) is 5.56. The Labute approximate surface area is 134 Å². The second-order valence-electron chi connectivity index (χ2n) is 4.03. The number of aliphatic hydroxyl groups is 1. The smallest absolute Gasteiger partial charge is 0.372 e. The van der Waals surface area contributed by atoms with Gasteiger partial charge in [-0.1, -0.05) is 41.1 Å². The van der Waals surface area contributed by atoms with Crippen molar-refractivity contribution in [1.82, 2.24) is 0 Å². The molecule has 116 valence electrons. The lowest BCUT2D eigenvalue weighted by atomic mass is 9.96. The Balaban J connectivity index is 2.81. The third kappa shape index (κ3) is 5.93. The lowest BCUT2D eigenvalue weighted by Crippen LogP contribution is -2.26. The number of benzene rings is 1. The van der Waals surface area contributed by atoms with Gasteiger partial charge in [0, 0.05) is 15.6 Å². The maximum absolute atomic E-state index is 11.9. The Morgan fingerprint density at radius 1 is 1.24 bits per heavy atom. The Morgan fingerprint density at radius 2 is 1.90 bits per heavy atom. The Kier molecular flexibility index (Phi) is 6.64. The van der Waals surface area contributed by atoms with E-state index in [0.717, 1.165) is 0 Å². The van der Waals surface area contributed by atoms with Crippen LogP contribution in [0, 0.1) is 11.8 Å². The highest BCUT2D eigenvalue weighted by molar-refractivity contribution is 6.35. The van der Waals surface area contributed by atoms with Crippen LogP contribution in [0.25, 0.3) is 0 Å². The lowest BCUT2D eigenvalue weighted by Gasteiger charge is -2.21. The molecule has 0 saturated carbocycles. The van der Waals surface area contributed by atoms with E-state index in [9.17, 15) is 18.3 Å². The molecular formula is C13H10Cl3F3O2. The Bertz CT molecular complexity index is 552. The van der Waals surface area contributed by atoms with E-state index in [1.165, 1.54) is 18.2 Å². The van der Waals surface area contributed by atoms with Gasteiger partial charge >= 0.3 is 6.18 Å². The fraction of sp³-hybridized carbons (Fsp3) is 0.385. The van der Waals surface area contributed by atoms with Crippen molar-refractivity contribution in [3.05, 3.63) is 33.8 Å². The number of halogens is 6. The van der Waals surface area contributed by atoms with Crippen molar-refractivity contribution >= 4 is 34.8 Å². The summed E-state index contributed by atoms with van der Waals surface area (Å²) in [6, 6.07) is 4.33. The topological polar surface area (TPSA) is 29.5 Å². The number of alkyl halides is 4. The normalized spacial score (nSPS) is 14.2. The van der Waals surface area contributed by atoms with Crippen molar-refractivity contribution in [3.63, 3.8) is 0 Å². The summed E-state index contributed by atoms with van der Waals surface area (Å²) in [7, 11) is 0. The molecule has 8 heteroatoms. The van der Waals surface area contributed by atoms with Crippen LogP contribution in [0.1, 0.15) is 5.56 Å². The van der Waals surface area contributed by atoms with E-state index in [0.29, 0.717) is 5.02 Å². The van der Waals surface area contributed by atoms with Crippen LogP contribution in [0.4, 0.5) is 13.2 Å². The molecule has 0 aliphatic rings. The van der Waals surface area contributed by atoms with Crippen LogP contribution in [0.15, 0.2) is 18.2 Å². The molecule has 0 aliphatic heterocycles. The summed E-state index contributed by atoms with van der Waals surface area (Å²) in [4.78, 5) is 0. The van der Waals surface area contributed by atoms with Crippen LogP contribution in [0.2, 0.25) is 10.0 Å². The van der Waals surface area contributed by atoms with Crippen molar-refractivity contribution in [1.29, 1.82) is 0 Å². The van der Waals surface area contributed by atoms with Gasteiger partial charge in [0.15, 0.2) is 5.60 Å². The first kappa shape index (κ1) is 18.4. The highest BCUT2D eigenvalue weighted by atomic mass is 35.5. The van der Waals surface area contributed by atoms with Crippen LogP contribution < -0.4 is 0 Å². The number of rotatable bonds is 4. The molecule has 1 atom stereocenters. The molecule has 1 aromatic rings. The summed E-state index contributed by atoms with van der Waals surface area (Å²) in [5.74, 6) is 4.34. The predicted molar refractivity (Wildman–Crippen MR) is 75.7 cm³/mol. The molecule has 0 radical (unpaired) electrons. The van der Waals surface area contributed by atoms with Crippen LogP contribution in [0.5, 0.6) is 0 Å². The third-order valence-corrected chi connectivity index (χ3v) is 3.24. The summed E-state index contributed by atoms with van der Waals surface area (Å²) in [6.45, 7) is -1.91. The van der Waals surface area contributed by atoms with Crippen LogP contribution in [-0.2, 0) is 10.3 Å². The van der Waals surface area contributed by atoms with Crippen LogP contribution >= 0.6 is 34.8 Å². The average Bonchev–Trinajstić information content (AvgIpc) is 2.36. The van der Waals surface area contributed by atoms with E-state index in [1.54, 1.807) is 0 Å². The molecule has 21 heavy (non-hydrogen) atoms. The average molecular weight is 362 g/mol.